The van der Waals surface area contributed by atoms with Crippen molar-refractivity contribution in [1.29, 1.82) is 0 Å². The van der Waals surface area contributed by atoms with Crippen LogP contribution in [0.25, 0.3) is 0 Å². The van der Waals surface area contributed by atoms with E-state index >= 15 is 0 Å². The predicted octanol–water partition coefficient (Wildman–Crippen LogP) is 1.93. The first-order chi connectivity index (χ1) is 9.81. The molecule has 5 nitrogen and oxygen atoms in total. The highest BCUT2D eigenvalue weighted by Crippen LogP contribution is 2.26. The number of hydrogen-bond donors (Lipinski definition) is 1. The molecule has 0 aliphatic rings. The highest BCUT2D eigenvalue weighted by molar-refractivity contribution is 5.25. The number of aromatic nitrogens is 3. The summed E-state index contributed by atoms with van der Waals surface area (Å²) in [5.41, 5.74) is 7.01. The van der Waals surface area contributed by atoms with E-state index in [-0.39, 0.29) is 5.92 Å². The van der Waals surface area contributed by atoms with E-state index in [4.69, 9.17) is 10.5 Å². The van der Waals surface area contributed by atoms with Crippen LogP contribution in [0.5, 0.6) is 0 Å². The summed E-state index contributed by atoms with van der Waals surface area (Å²) >= 11 is 0. The highest BCUT2D eigenvalue weighted by atomic mass is 16.5. The maximum atomic E-state index is 5.75. The molecule has 0 fully saturated rings. The Morgan fingerprint density at radius 1 is 1.25 bits per heavy atom. The van der Waals surface area contributed by atoms with Crippen molar-refractivity contribution in [3.05, 3.63) is 47.5 Å². The van der Waals surface area contributed by atoms with Crippen LogP contribution in [-0.4, -0.2) is 28.5 Å². The molecule has 0 spiro atoms. The van der Waals surface area contributed by atoms with Gasteiger partial charge in [-0.1, -0.05) is 37.3 Å². The van der Waals surface area contributed by atoms with Crippen LogP contribution in [0.4, 0.5) is 0 Å². The second kappa shape index (κ2) is 7.17. The van der Waals surface area contributed by atoms with Crippen molar-refractivity contribution in [3.8, 4) is 0 Å². The van der Waals surface area contributed by atoms with Gasteiger partial charge in [0.05, 0.1) is 13.2 Å². The summed E-state index contributed by atoms with van der Waals surface area (Å²) in [5, 5.41) is 8.58. The average Bonchev–Trinajstić information content (AvgIpc) is 2.90. The minimum Gasteiger partial charge on any atom is -0.383 e. The van der Waals surface area contributed by atoms with Crippen molar-refractivity contribution in [2.24, 2.45) is 5.73 Å². The van der Waals surface area contributed by atoms with E-state index in [0.29, 0.717) is 13.2 Å². The third-order valence-electron chi connectivity index (χ3n) is 3.48. The molecule has 2 aromatic rings. The first-order valence-electron chi connectivity index (χ1n) is 6.97. The summed E-state index contributed by atoms with van der Waals surface area (Å²) in [6, 6.07) is 10.4. The Labute approximate surface area is 119 Å². The van der Waals surface area contributed by atoms with E-state index < -0.39 is 0 Å². The molecule has 0 saturated heterocycles. The zero-order chi connectivity index (χ0) is 14.4. The summed E-state index contributed by atoms with van der Waals surface area (Å²) in [5.74, 6) is 2.02. The van der Waals surface area contributed by atoms with Crippen molar-refractivity contribution in [1.82, 2.24) is 14.8 Å². The van der Waals surface area contributed by atoms with Crippen LogP contribution in [0.3, 0.4) is 0 Å². The molecule has 1 unspecified atom stereocenters. The smallest absolute Gasteiger partial charge is 0.146 e. The summed E-state index contributed by atoms with van der Waals surface area (Å²) in [4.78, 5) is 0. The van der Waals surface area contributed by atoms with Crippen LogP contribution >= 0.6 is 0 Å². The number of benzene rings is 1. The Kier molecular flexibility index (Phi) is 5.26. The molecule has 1 aromatic heterocycles. The molecule has 2 N–H and O–H groups in total. The first kappa shape index (κ1) is 14.7. The van der Waals surface area contributed by atoms with Crippen molar-refractivity contribution in [3.63, 3.8) is 0 Å². The van der Waals surface area contributed by atoms with Crippen LogP contribution in [-0.2, 0) is 17.8 Å². The van der Waals surface area contributed by atoms with Crippen molar-refractivity contribution < 1.29 is 4.74 Å². The van der Waals surface area contributed by atoms with Gasteiger partial charge in [0.15, 0.2) is 0 Å². The number of rotatable bonds is 7. The van der Waals surface area contributed by atoms with E-state index in [1.54, 1.807) is 7.11 Å². The normalized spacial score (nSPS) is 12.6. The summed E-state index contributed by atoms with van der Waals surface area (Å²) in [6.07, 6.45) is 0.972. The molecule has 20 heavy (non-hydrogen) atoms. The Bertz CT molecular complexity index is 524. The molecular weight excluding hydrogens is 252 g/mol. The number of hydrogen-bond acceptors (Lipinski definition) is 4. The Balaban J connectivity index is 2.36. The van der Waals surface area contributed by atoms with Crippen LogP contribution in [0.2, 0.25) is 0 Å². The van der Waals surface area contributed by atoms with Gasteiger partial charge < -0.3 is 15.0 Å². The average molecular weight is 274 g/mol. The van der Waals surface area contributed by atoms with Crippen molar-refractivity contribution in [2.45, 2.75) is 32.4 Å². The van der Waals surface area contributed by atoms with Gasteiger partial charge >= 0.3 is 0 Å². The SMILES string of the molecule is CCC(c1ccccc1)c1nnc(CN)n1CCOC. The fourth-order valence-electron chi connectivity index (χ4n) is 2.44. The Hall–Kier alpha value is -1.72. The molecule has 5 heteroatoms. The zero-order valence-electron chi connectivity index (χ0n) is 12.1. The lowest BCUT2D eigenvalue weighted by atomic mass is 9.95. The molecule has 0 bridgehead atoms. The van der Waals surface area contributed by atoms with Gasteiger partial charge in [0.1, 0.15) is 11.6 Å². The molecular formula is C15H22N4O. The number of ether oxygens (including phenoxy) is 1. The maximum absolute atomic E-state index is 5.75. The third kappa shape index (κ3) is 3.05. The Morgan fingerprint density at radius 3 is 2.60 bits per heavy atom. The largest absolute Gasteiger partial charge is 0.383 e. The predicted molar refractivity (Wildman–Crippen MR) is 78.4 cm³/mol. The standard InChI is InChI=1S/C15H22N4O/c1-3-13(12-7-5-4-6-8-12)15-18-17-14(11-16)19(15)9-10-20-2/h4-8,13H,3,9-11,16H2,1-2H3. The summed E-state index contributed by atoms with van der Waals surface area (Å²) < 4.78 is 7.26. The number of nitrogens with zero attached hydrogens (tertiary/aromatic N) is 3. The molecule has 1 atom stereocenters. The van der Waals surface area contributed by atoms with Gasteiger partial charge in [-0.05, 0) is 12.0 Å². The van der Waals surface area contributed by atoms with Gasteiger partial charge in [0, 0.05) is 19.6 Å². The quantitative estimate of drug-likeness (QED) is 0.837. The van der Waals surface area contributed by atoms with Crippen LogP contribution in [0.15, 0.2) is 30.3 Å². The molecule has 1 heterocycles. The first-order valence-corrected chi connectivity index (χ1v) is 6.97. The molecule has 1 aromatic carbocycles. The maximum Gasteiger partial charge on any atom is 0.146 e. The van der Waals surface area contributed by atoms with Crippen LogP contribution < -0.4 is 5.73 Å². The van der Waals surface area contributed by atoms with Gasteiger partial charge in [-0.2, -0.15) is 0 Å². The molecule has 108 valence electrons. The van der Waals surface area contributed by atoms with E-state index in [0.717, 1.165) is 24.6 Å². The summed E-state index contributed by atoms with van der Waals surface area (Å²) in [7, 11) is 1.70. The third-order valence-corrected chi connectivity index (χ3v) is 3.48. The summed E-state index contributed by atoms with van der Waals surface area (Å²) in [6.45, 7) is 3.91. The van der Waals surface area contributed by atoms with E-state index in [2.05, 4.69) is 46.0 Å². The topological polar surface area (TPSA) is 66.0 Å². The van der Waals surface area contributed by atoms with Gasteiger partial charge in [0.25, 0.3) is 0 Å². The minimum absolute atomic E-state index is 0.237. The lowest BCUT2D eigenvalue weighted by Gasteiger charge is -2.17. The van der Waals surface area contributed by atoms with E-state index in [1.807, 2.05) is 6.07 Å². The van der Waals surface area contributed by atoms with Crippen LogP contribution in [0.1, 0.15) is 36.5 Å². The molecule has 0 aliphatic carbocycles. The number of methoxy groups -OCH3 is 1. The molecule has 0 amide bonds. The fourth-order valence-corrected chi connectivity index (χ4v) is 2.44. The second-order valence-corrected chi connectivity index (χ2v) is 4.69. The molecule has 2 rings (SSSR count). The number of nitrogens with two attached hydrogens (primary N) is 1. The van der Waals surface area contributed by atoms with Crippen molar-refractivity contribution in [2.75, 3.05) is 13.7 Å². The van der Waals surface area contributed by atoms with Gasteiger partial charge in [0.2, 0.25) is 0 Å². The molecule has 0 saturated carbocycles. The van der Waals surface area contributed by atoms with Gasteiger partial charge in [-0.25, -0.2) is 0 Å². The zero-order valence-corrected chi connectivity index (χ0v) is 12.1. The van der Waals surface area contributed by atoms with Gasteiger partial charge in [-0.3, -0.25) is 0 Å². The lowest BCUT2D eigenvalue weighted by Crippen LogP contribution is -2.16. The van der Waals surface area contributed by atoms with E-state index in [1.165, 1.54) is 5.56 Å². The minimum atomic E-state index is 0.237. The van der Waals surface area contributed by atoms with E-state index in [9.17, 15) is 0 Å². The molecule has 0 radical (unpaired) electrons. The molecule has 0 aliphatic heterocycles. The fraction of sp³-hybridized carbons (Fsp3) is 0.467. The highest BCUT2D eigenvalue weighted by Gasteiger charge is 2.20. The lowest BCUT2D eigenvalue weighted by molar-refractivity contribution is 0.185. The van der Waals surface area contributed by atoms with Crippen molar-refractivity contribution >= 4 is 0 Å². The van der Waals surface area contributed by atoms with Gasteiger partial charge in [-0.15, -0.1) is 10.2 Å². The van der Waals surface area contributed by atoms with Crippen LogP contribution in [0, 0.1) is 0 Å². The second-order valence-electron chi connectivity index (χ2n) is 4.69. The monoisotopic (exact) mass is 274 g/mol. The Morgan fingerprint density at radius 2 is 2.00 bits per heavy atom.